The Balaban J connectivity index is 2.57. The predicted molar refractivity (Wildman–Crippen MR) is 64.9 cm³/mol. The third-order valence-corrected chi connectivity index (χ3v) is 3.20. The zero-order chi connectivity index (χ0) is 10.1. The molecule has 0 aliphatic heterocycles. The molecule has 0 amide bonds. The minimum absolute atomic E-state index is 0.563. The van der Waals surface area contributed by atoms with E-state index in [1.807, 2.05) is 47.7 Å². The van der Waals surface area contributed by atoms with Crippen molar-refractivity contribution in [2.75, 3.05) is 0 Å². The van der Waals surface area contributed by atoms with Crippen LogP contribution < -0.4 is 0 Å². The summed E-state index contributed by atoms with van der Waals surface area (Å²) < 4.78 is 6.76. The van der Waals surface area contributed by atoms with E-state index in [0.29, 0.717) is 9.72 Å². The van der Waals surface area contributed by atoms with E-state index < -0.39 is 0 Å². The summed E-state index contributed by atoms with van der Waals surface area (Å²) in [5.74, 6) is 0.563. The molecule has 2 rings (SSSR count). The molecule has 5 heteroatoms. The van der Waals surface area contributed by atoms with Crippen molar-refractivity contribution in [3.63, 3.8) is 0 Å². The Morgan fingerprint density at radius 3 is 2.86 bits per heavy atom. The van der Waals surface area contributed by atoms with Crippen molar-refractivity contribution in [3.05, 3.63) is 32.1 Å². The summed E-state index contributed by atoms with van der Waals surface area (Å²) in [7, 11) is 0. The highest BCUT2D eigenvalue weighted by molar-refractivity contribution is 14.1. The van der Waals surface area contributed by atoms with Crippen molar-refractivity contribution in [3.8, 4) is 11.5 Å². The second-order valence-electron chi connectivity index (χ2n) is 2.78. The molecule has 0 radical (unpaired) electrons. The number of hydrogen-bond acceptors (Lipinski definition) is 3. The fraction of sp³-hybridized carbons (Fsp3) is 0.111. The minimum atomic E-state index is 0.563. The number of halogens is 2. The van der Waals surface area contributed by atoms with Gasteiger partial charge in [-0.25, -0.2) is 0 Å². The summed E-state index contributed by atoms with van der Waals surface area (Å²) >= 11 is 5.48. The third-order valence-electron chi connectivity index (χ3n) is 1.90. The van der Waals surface area contributed by atoms with E-state index in [2.05, 4.69) is 26.1 Å². The molecule has 2 aromatic rings. The van der Waals surface area contributed by atoms with Crippen LogP contribution in [-0.2, 0) is 0 Å². The van der Waals surface area contributed by atoms with Crippen molar-refractivity contribution in [1.82, 2.24) is 10.1 Å². The smallest absolute Gasteiger partial charge is 0.258 e. The molecular formula is C9H6BrIN2O. The van der Waals surface area contributed by atoms with Gasteiger partial charge in [0.05, 0.1) is 0 Å². The molecule has 0 unspecified atom stereocenters. The first-order valence-corrected chi connectivity index (χ1v) is 5.80. The molecule has 1 aromatic carbocycles. The summed E-state index contributed by atoms with van der Waals surface area (Å²) in [6, 6.07) is 5.90. The summed E-state index contributed by atoms with van der Waals surface area (Å²) in [6.07, 6.45) is 0. The van der Waals surface area contributed by atoms with E-state index in [-0.39, 0.29) is 0 Å². The molecule has 0 fully saturated rings. The lowest BCUT2D eigenvalue weighted by atomic mass is 10.1. The van der Waals surface area contributed by atoms with E-state index in [4.69, 9.17) is 4.52 Å². The molecule has 0 N–H and O–H groups in total. The third kappa shape index (κ3) is 1.83. The molecule has 1 aromatic heterocycles. The Morgan fingerprint density at radius 2 is 2.21 bits per heavy atom. The number of aromatic nitrogens is 2. The zero-order valence-electron chi connectivity index (χ0n) is 7.29. The lowest BCUT2D eigenvalue weighted by Crippen LogP contribution is -1.84. The van der Waals surface area contributed by atoms with Crippen molar-refractivity contribution in [1.29, 1.82) is 0 Å². The topological polar surface area (TPSA) is 38.9 Å². The molecule has 0 spiro atoms. The molecule has 1 heterocycles. The van der Waals surface area contributed by atoms with Crippen LogP contribution in [0, 0.1) is 10.8 Å². The highest BCUT2D eigenvalue weighted by atomic mass is 127. The highest BCUT2D eigenvalue weighted by Crippen LogP contribution is 2.27. The second kappa shape index (κ2) is 3.98. The molecule has 0 aliphatic carbocycles. The van der Waals surface area contributed by atoms with Gasteiger partial charge in [0, 0.05) is 32.6 Å². The number of nitrogens with zero attached hydrogens (tertiary/aromatic N) is 2. The summed E-state index contributed by atoms with van der Waals surface area (Å²) in [4.78, 5) is 4.17. The van der Waals surface area contributed by atoms with Crippen LogP contribution in [0.2, 0.25) is 0 Å². The van der Waals surface area contributed by atoms with Gasteiger partial charge in [-0.05, 0) is 24.6 Å². The summed E-state index contributed by atoms with van der Waals surface area (Å²) in [5.41, 5.74) is 2.07. The van der Waals surface area contributed by atoms with Gasteiger partial charge in [0.15, 0.2) is 0 Å². The molecule has 0 atom stereocenters. The Bertz CT molecular complexity index is 470. The minimum Gasteiger partial charge on any atom is -0.333 e. The Labute approximate surface area is 103 Å². The van der Waals surface area contributed by atoms with Crippen molar-refractivity contribution >= 4 is 38.5 Å². The van der Waals surface area contributed by atoms with Gasteiger partial charge in [-0.15, -0.1) is 0 Å². The maximum atomic E-state index is 5.10. The lowest BCUT2D eigenvalue weighted by Gasteiger charge is -2.01. The van der Waals surface area contributed by atoms with E-state index in [1.165, 1.54) is 0 Å². The van der Waals surface area contributed by atoms with E-state index in [0.717, 1.165) is 15.6 Å². The average Bonchev–Trinajstić information content (AvgIpc) is 2.57. The SMILES string of the molecule is Cc1c(Br)cccc1-c1nc(I)no1. The van der Waals surface area contributed by atoms with E-state index in [1.54, 1.807) is 0 Å². The number of hydrogen-bond donors (Lipinski definition) is 0. The van der Waals surface area contributed by atoms with Gasteiger partial charge in [-0.3, -0.25) is 0 Å². The molecular weight excluding hydrogens is 359 g/mol. The molecule has 0 aliphatic rings. The maximum Gasteiger partial charge on any atom is 0.258 e. The second-order valence-corrected chi connectivity index (χ2v) is 4.60. The molecule has 72 valence electrons. The van der Waals surface area contributed by atoms with E-state index >= 15 is 0 Å². The van der Waals surface area contributed by atoms with Crippen LogP contribution in [0.15, 0.2) is 27.2 Å². The maximum absolute atomic E-state index is 5.10. The first-order chi connectivity index (χ1) is 6.68. The van der Waals surface area contributed by atoms with Crippen molar-refractivity contribution in [2.45, 2.75) is 6.92 Å². The normalized spacial score (nSPS) is 10.5. The van der Waals surface area contributed by atoms with Gasteiger partial charge in [0.1, 0.15) is 0 Å². The highest BCUT2D eigenvalue weighted by Gasteiger charge is 2.10. The Kier molecular flexibility index (Phi) is 2.87. The van der Waals surface area contributed by atoms with Crippen LogP contribution in [0.4, 0.5) is 0 Å². The first kappa shape index (κ1) is 10.1. The van der Waals surface area contributed by atoms with Crippen LogP contribution in [0.5, 0.6) is 0 Å². The van der Waals surface area contributed by atoms with E-state index in [9.17, 15) is 0 Å². The average molecular weight is 365 g/mol. The largest absolute Gasteiger partial charge is 0.333 e. The van der Waals surface area contributed by atoms with Gasteiger partial charge in [-0.1, -0.05) is 27.2 Å². The quantitative estimate of drug-likeness (QED) is 0.728. The zero-order valence-corrected chi connectivity index (χ0v) is 11.0. The number of benzene rings is 1. The van der Waals surface area contributed by atoms with Crippen LogP contribution in [0.3, 0.4) is 0 Å². The predicted octanol–water partition coefficient (Wildman–Crippen LogP) is 3.41. The van der Waals surface area contributed by atoms with Gasteiger partial charge in [0.25, 0.3) is 5.89 Å². The Morgan fingerprint density at radius 1 is 1.43 bits per heavy atom. The molecule has 0 bridgehead atoms. The van der Waals surface area contributed by atoms with Gasteiger partial charge in [-0.2, -0.15) is 4.98 Å². The fourth-order valence-corrected chi connectivity index (χ4v) is 1.84. The number of rotatable bonds is 1. The summed E-state index contributed by atoms with van der Waals surface area (Å²) in [6.45, 7) is 2.01. The van der Waals surface area contributed by atoms with Crippen molar-refractivity contribution < 1.29 is 4.52 Å². The van der Waals surface area contributed by atoms with Crippen LogP contribution in [-0.4, -0.2) is 10.1 Å². The molecule has 3 nitrogen and oxygen atoms in total. The Hall–Kier alpha value is -0.430. The molecule has 0 saturated carbocycles. The van der Waals surface area contributed by atoms with Gasteiger partial charge in [0.2, 0.25) is 3.83 Å². The van der Waals surface area contributed by atoms with Crippen LogP contribution >= 0.6 is 38.5 Å². The summed E-state index contributed by atoms with van der Waals surface area (Å²) in [5, 5.41) is 3.75. The van der Waals surface area contributed by atoms with Gasteiger partial charge >= 0.3 is 0 Å². The van der Waals surface area contributed by atoms with Crippen LogP contribution in [0.25, 0.3) is 11.5 Å². The molecule has 0 saturated heterocycles. The standard InChI is InChI=1S/C9H6BrIN2O/c1-5-6(3-2-4-7(5)10)8-12-9(11)13-14-8/h2-4H,1H3. The van der Waals surface area contributed by atoms with Gasteiger partial charge < -0.3 is 4.52 Å². The van der Waals surface area contributed by atoms with Crippen molar-refractivity contribution in [2.24, 2.45) is 0 Å². The first-order valence-electron chi connectivity index (χ1n) is 3.93. The van der Waals surface area contributed by atoms with Crippen LogP contribution in [0.1, 0.15) is 5.56 Å². The molecule has 14 heavy (non-hydrogen) atoms. The fourth-order valence-electron chi connectivity index (χ4n) is 1.15. The lowest BCUT2D eigenvalue weighted by molar-refractivity contribution is 0.425. The monoisotopic (exact) mass is 364 g/mol.